The molecule has 0 aliphatic heterocycles. The Balaban J connectivity index is -0.000000108. The lowest BCUT2D eigenvalue weighted by Crippen LogP contribution is -1.92. The van der Waals surface area contributed by atoms with E-state index in [4.69, 9.17) is 25.5 Å². The average Bonchev–Trinajstić information content (AvgIpc) is 2.53. The predicted octanol–water partition coefficient (Wildman–Crippen LogP) is 1.48. The molecular weight excluding hydrogens is 348 g/mol. The third kappa shape index (κ3) is 64.0. The Morgan fingerprint density at radius 1 is 1.00 bits per heavy atom. The Kier molecular flexibility index (Phi) is 32.3. The molecule has 0 aliphatic rings. The van der Waals surface area contributed by atoms with Gasteiger partial charge in [0.25, 0.3) is 0 Å². The molecule has 0 radical (unpaired) electrons. The summed E-state index contributed by atoms with van der Waals surface area (Å²) in [5.41, 5.74) is 0. The van der Waals surface area contributed by atoms with Gasteiger partial charge in [0, 0.05) is 6.08 Å². The number of aliphatic hydroxyl groups excluding tert-OH is 2. The summed E-state index contributed by atoms with van der Waals surface area (Å²) in [5.74, 6) is -2.83. The standard InChI is InChI=1S/C6H12O2.C3H4O2.2C2H4O2S/c1-2-3-4-6(8)5-7;1-2-3(4)5;2*3-2(4)1-5/h4,7-8H,2-3,5H2,1H3;2H,1H2,(H,4,5);2*5H,1H2,(H,3,4). The minimum atomic E-state index is -0.981. The number of thiol groups is 2. The van der Waals surface area contributed by atoms with Crippen LogP contribution in [0.15, 0.2) is 24.5 Å². The first kappa shape index (κ1) is 29.4. The largest absolute Gasteiger partial charge is 0.510 e. The molecule has 0 heterocycles. The van der Waals surface area contributed by atoms with Crippen LogP contribution in [0.3, 0.4) is 0 Å². The first-order valence-electron chi connectivity index (χ1n) is 6.12. The fourth-order valence-electron chi connectivity index (χ4n) is 0.375. The maximum Gasteiger partial charge on any atom is 0.327 e. The Labute approximate surface area is 146 Å². The van der Waals surface area contributed by atoms with Crippen molar-refractivity contribution in [2.45, 2.75) is 19.8 Å². The van der Waals surface area contributed by atoms with E-state index in [-0.39, 0.29) is 23.9 Å². The first-order chi connectivity index (χ1) is 10.6. The quantitative estimate of drug-likeness (QED) is 0.210. The zero-order chi connectivity index (χ0) is 19.3. The highest BCUT2D eigenvalue weighted by Crippen LogP contribution is 1.92. The molecule has 10 heteroatoms. The topological polar surface area (TPSA) is 152 Å². The predicted molar refractivity (Wildman–Crippen MR) is 93.5 cm³/mol. The summed E-state index contributed by atoms with van der Waals surface area (Å²) in [6.45, 7) is 4.74. The van der Waals surface area contributed by atoms with Crippen LogP contribution in [0.1, 0.15) is 19.8 Å². The van der Waals surface area contributed by atoms with Crippen LogP contribution in [0.2, 0.25) is 0 Å². The van der Waals surface area contributed by atoms with Gasteiger partial charge >= 0.3 is 17.9 Å². The van der Waals surface area contributed by atoms with E-state index < -0.39 is 17.9 Å². The zero-order valence-electron chi connectivity index (χ0n) is 12.8. The van der Waals surface area contributed by atoms with Crippen molar-refractivity contribution in [2.24, 2.45) is 0 Å². The second kappa shape index (κ2) is 25.3. The molecule has 136 valence electrons. The van der Waals surface area contributed by atoms with Gasteiger partial charge in [0.2, 0.25) is 0 Å². The number of aliphatic hydroxyl groups is 2. The monoisotopic (exact) mass is 372 g/mol. The summed E-state index contributed by atoms with van der Waals surface area (Å²) >= 11 is 6.83. The van der Waals surface area contributed by atoms with Crippen LogP contribution in [-0.2, 0) is 14.4 Å². The Morgan fingerprint density at radius 2 is 1.30 bits per heavy atom. The summed E-state index contributed by atoms with van der Waals surface area (Å²) in [7, 11) is 0. The van der Waals surface area contributed by atoms with E-state index in [2.05, 4.69) is 31.8 Å². The first-order valence-corrected chi connectivity index (χ1v) is 7.38. The van der Waals surface area contributed by atoms with Crippen LogP contribution in [0.25, 0.3) is 0 Å². The number of carboxylic acids is 3. The summed E-state index contributed by atoms with van der Waals surface area (Å²) in [6, 6.07) is 0. The van der Waals surface area contributed by atoms with Crippen molar-refractivity contribution < 1.29 is 39.9 Å². The van der Waals surface area contributed by atoms with Crippen molar-refractivity contribution in [1.29, 1.82) is 0 Å². The molecule has 0 aliphatic carbocycles. The average molecular weight is 372 g/mol. The molecule has 0 fully saturated rings. The molecule has 23 heavy (non-hydrogen) atoms. The Bertz CT molecular complexity index is 342. The second-order valence-corrected chi connectivity index (χ2v) is 3.92. The summed E-state index contributed by atoms with van der Waals surface area (Å²) in [6.07, 6.45) is 4.30. The third-order valence-electron chi connectivity index (χ3n) is 1.28. The molecule has 0 saturated heterocycles. The fourth-order valence-corrected chi connectivity index (χ4v) is 0.375. The molecule has 0 aromatic rings. The van der Waals surface area contributed by atoms with E-state index in [9.17, 15) is 14.4 Å². The van der Waals surface area contributed by atoms with Crippen LogP contribution in [0.5, 0.6) is 0 Å². The van der Waals surface area contributed by atoms with E-state index in [0.29, 0.717) is 0 Å². The molecule has 0 unspecified atom stereocenters. The molecule has 5 N–H and O–H groups in total. The van der Waals surface area contributed by atoms with Crippen LogP contribution in [-0.4, -0.2) is 61.6 Å². The molecular formula is C13H24O8S2. The molecule has 0 atom stereocenters. The van der Waals surface area contributed by atoms with E-state index >= 15 is 0 Å². The van der Waals surface area contributed by atoms with Gasteiger partial charge in [-0.15, -0.1) is 0 Å². The van der Waals surface area contributed by atoms with Crippen molar-refractivity contribution in [3.05, 3.63) is 24.5 Å². The lowest BCUT2D eigenvalue weighted by atomic mass is 10.3. The maximum absolute atomic E-state index is 9.29. The molecule has 0 amide bonds. The number of rotatable bonds is 6. The van der Waals surface area contributed by atoms with Gasteiger partial charge in [-0.2, -0.15) is 25.3 Å². The molecule has 0 spiro atoms. The number of aliphatic carboxylic acids is 3. The lowest BCUT2D eigenvalue weighted by molar-refractivity contribution is -0.134. The van der Waals surface area contributed by atoms with Crippen molar-refractivity contribution in [3.63, 3.8) is 0 Å². The van der Waals surface area contributed by atoms with Gasteiger partial charge in [0.15, 0.2) is 0 Å². The van der Waals surface area contributed by atoms with E-state index in [1.54, 1.807) is 6.08 Å². The van der Waals surface area contributed by atoms with Crippen LogP contribution in [0, 0.1) is 0 Å². The number of carbonyl (C=O) groups is 3. The fraction of sp³-hybridized carbons (Fsp3) is 0.462. The third-order valence-corrected chi connectivity index (χ3v) is 1.82. The van der Waals surface area contributed by atoms with Crippen LogP contribution in [0.4, 0.5) is 0 Å². The Morgan fingerprint density at radius 3 is 1.43 bits per heavy atom. The molecule has 0 rings (SSSR count). The zero-order valence-corrected chi connectivity index (χ0v) is 14.5. The summed E-state index contributed by atoms with van der Waals surface area (Å²) < 4.78 is 0. The van der Waals surface area contributed by atoms with Crippen LogP contribution < -0.4 is 0 Å². The summed E-state index contributed by atoms with van der Waals surface area (Å²) in [4.78, 5) is 27.8. The highest BCUT2D eigenvalue weighted by atomic mass is 32.1. The van der Waals surface area contributed by atoms with Crippen molar-refractivity contribution in [3.8, 4) is 0 Å². The number of carboxylic acid groups (broad SMARTS) is 3. The number of hydrogen-bond donors (Lipinski definition) is 7. The highest BCUT2D eigenvalue weighted by molar-refractivity contribution is 7.81. The van der Waals surface area contributed by atoms with Gasteiger partial charge in [0.05, 0.1) is 18.1 Å². The van der Waals surface area contributed by atoms with E-state index in [1.807, 2.05) is 6.92 Å². The minimum Gasteiger partial charge on any atom is -0.510 e. The van der Waals surface area contributed by atoms with Gasteiger partial charge in [-0.3, -0.25) is 9.59 Å². The lowest BCUT2D eigenvalue weighted by Gasteiger charge is -1.89. The van der Waals surface area contributed by atoms with E-state index in [1.165, 1.54) is 0 Å². The molecule has 0 aromatic carbocycles. The van der Waals surface area contributed by atoms with Crippen LogP contribution >= 0.6 is 25.3 Å². The van der Waals surface area contributed by atoms with Crippen molar-refractivity contribution >= 4 is 43.2 Å². The number of allylic oxidation sites excluding steroid dienone is 1. The van der Waals surface area contributed by atoms with Gasteiger partial charge < -0.3 is 25.5 Å². The van der Waals surface area contributed by atoms with Gasteiger partial charge in [-0.25, -0.2) is 4.79 Å². The molecule has 0 aromatic heterocycles. The SMILES string of the molecule is C=CC(=O)O.CCCC=C(O)CO.O=C(O)CS.O=C(O)CS. The van der Waals surface area contributed by atoms with E-state index in [0.717, 1.165) is 18.9 Å². The normalized spacial score (nSPS) is 8.78. The van der Waals surface area contributed by atoms with Crippen molar-refractivity contribution in [2.75, 3.05) is 18.1 Å². The number of hydrogen-bond acceptors (Lipinski definition) is 7. The summed E-state index contributed by atoms with van der Waals surface area (Å²) in [5, 5.41) is 39.7. The van der Waals surface area contributed by atoms with Crippen molar-refractivity contribution in [1.82, 2.24) is 0 Å². The van der Waals surface area contributed by atoms with Gasteiger partial charge in [0.1, 0.15) is 5.76 Å². The minimum absolute atomic E-state index is 0.0758. The number of unbranched alkanes of at least 4 members (excludes halogenated alkanes) is 1. The molecule has 0 bridgehead atoms. The Hall–Kier alpha value is -1.65. The van der Waals surface area contributed by atoms with Gasteiger partial charge in [-0.1, -0.05) is 19.9 Å². The van der Waals surface area contributed by atoms with Gasteiger partial charge in [-0.05, 0) is 12.5 Å². The maximum atomic E-state index is 9.29. The second-order valence-electron chi connectivity index (χ2n) is 3.29. The molecule has 8 nitrogen and oxygen atoms in total. The molecule has 0 saturated carbocycles. The smallest absolute Gasteiger partial charge is 0.327 e. The highest BCUT2D eigenvalue weighted by Gasteiger charge is 1.84.